The van der Waals surface area contributed by atoms with Crippen LogP contribution in [0.2, 0.25) is 0 Å². The zero-order chi connectivity index (χ0) is 29.2. The average Bonchev–Trinajstić information content (AvgIpc) is 2.85. The van der Waals surface area contributed by atoms with E-state index in [-0.39, 0.29) is 19.3 Å². The molecule has 0 heterocycles. The topological polar surface area (TPSA) is 63.6 Å². The average molecular weight is 574 g/mol. The highest BCUT2D eigenvalue weighted by atomic mass is 19.4. The molecule has 1 N–H and O–H groups in total. The smallest absolute Gasteiger partial charge is 0.460 e. The molecule has 4 nitrogen and oxygen atoms in total. The van der Waals surface area contributed by atoms with Crippen LogP contribution in [0.5, 0.6) is 5.75 Å². The molecule has 3 rings (SSSR count). The standard InChI is InChI=1S/C26H27F9O4/c27-23(28,24(29,30)25(31,32)26(33,34)35)12-2-1-3-15-4-6-16(7-5-15)22(38)39-20-11-10-17-13-19(21(36)37)9-8-18(17)14-20/h4,10-11,14,16,19H,1-3,5-9,12-13H2,(H,36,37). The first-order valence-electron chi connectivity index (χ1n) is 12.4. The van der Waals surface area contributed by atoms with Gasteiger partial charge in [-0.2, -0.15) is 39.5 Å². The highest BCUT2D eigenvalue weighted by Gasteiger charge is 2.81. The molecule has 13 heteroatoms. The summed E-state index contributed by atoms with van der Waals surface area (Å²) in [5.74, 6) is -21.0. The molecule has 2 unspecified atom stereocenters. The van der Waals surface area contributed by atoms with Crippen molar-refractivity contribution in [2.45, 2.75) is 88.2 Å². The number of rotatable bonds is 10. The first-order valence-corrected chi connectivity index (χ1v) is 12.4. The van der Waals surface area contributed by atoms with E-state index in [2.05, 4.69) is 0 Å². The SMILES string of the molecule is O=C(O)C1CCc2cc(OC(=O)C3CC=C(CCCCC(F)(F)C(F)(F)C(F)(F)C(F)(F)F)CC3)ccc2C1. The normalized spacial score (nSPS) is 20.7. The van der Waals surface area contributed by atoms with Gasteiger partial charge in [-0.05, 0) is 81.0 Å². The van der Waals surface area contributed by atoms with E-state index in [0.717, 1.165) is 16.7 Å². The number of benzene rings is 1. The number of halogens is 9. The molecule has 0 spiro atoms. The summed E-state index contributed by atoms with van der Waals surface area (Å²) in [5.41, 5.74) is 2.53. The molecule has 0 aromatic heterocycles. The summed E-state index contributed by atoms with van der Waals surface area (Å²) < 4.78 is 122. The number of unbranched alkanes of at least 4 members (excludes halogenated alkanes) is 1. The van der Waals surface area contributed by atoms with Gasteiger partial charge in [-0.15, -0.1) is 0 Å². The van der Waals surface area contributed by atoms with Gasteiger partial charge < -0.3 is 9.84 Å². The minimum Gasteiger partial charge on any atom is -0.481 e. The molecule has 2 aliphatic rings. The van der Waals surface area contributed by atoms with E-state index in [1.807, 2.05) is 0 Å². The Hall–Kier alpha value is -2.73. The molecule has 1 aromatic carbocycles. The number of allylic oxidation sites excluding steroid dienone is 2. The van der Waals surface area contributed by atoms with Crippen molar-refractivity contribution in [3.8, 4) is 5.75 Å². The Balaban J connectivity index is 1.46. The van der Waals surface area contributed by atoms with E-state index < -0.39 is 60.6 Å². The maximum Gasteiger partial charge on any atom is 0.460 e. The zero-order valence-electron chi connectivity index (χ0n) is 20.6. The third-order valence-corrected chi connectivity index (χ3v) is 7.26. The maximum atomic E-state index is 13.6. The fourth-order valence-electron chi connectivity index (χ4n) is 4.80. The van der Waals surface area contributed by atoms with Crippen molar-refractivity contribution in [2.75, 3.05) is 0 Å². The summed E-state index contributed by atoms with van der Waals surface area (Å²) in [7, 11) is 0. The number of esters is 1. The van der Waals surface area contributed by atoms with Crippen LogP contribution in [-0.4, -0.2) is 41.0 Å². The number of fused-ring (bicyclic) bond motifs is 1. The molecule has 0 amide bonds. The minimum atomic E-state index is -6.87. The van der Waals surface area contributed by atoms with Crippen LogP contribution in [0.15, 0.2) is 29.8 Å². The van der Waals surface area contributed by atoms with Crippen molar-refractivity contribution in [1.29, 1.82) is 0 Å². The van der Waals surface area contributed by atoms with Gasteiger partial charge in [0.05, 0.1) is 11.8 Å². The Morgan fingerprint density at radius 3 is 2.13 bits per heavy atom. The van der Waals surface area contributed by atoms with Gasteiger partial charge in [0.25, 0.3) is 0 Å². The van der Waals surface area contributed by atoms with Crippen LogP contribution in [0.4, 0.5) is 39.5 Å². The van der Waals surface area contributed by atoms with Crippen LogP contribution in [0, 0.1) is 11.8 Å². The first-order chi connectivity index (χ1) is 18.0. The molecule has 0 radical (unpaired) electrons. The lowest BCUT2D eigenvalue weighted by atomic mass is 9.84. The summed E-state index contributed by atoms with van der Waals surface area (Å²) in [6.07, 6.45) is -5.26. The lowest BCUT2D eigenvalue weighted by molar-refractivity contribution is -0.396. The van der Waals surface area contributed by atoms with Crippen LogP contribution in [0.1, 0.15) is 62.5 Å². The highest BCUT2D eigenvalue weighted by Crippen LogP contribution is 2.54. The molecule has 39 heavy (non-hydrogen) atoms. The monoisotopic (exact) mass is 574 g/mol. The molecule has 0 fully saturated rings. The number of aryl methyl sites for hydroxylation is 1. The van der Waals surface area contributed by atoms with Crippen molar-refractivity contribution >= 4 is 11.9 Å². The van der Waals surface area contributed by atoms with Crippen LogP contribution >= 0.6 is 0 Å². The Bertz CT molecular complexity index is 1100. The number of carboxylic acid groups (broad SMARTS) is 1. The minimum absolute atomic E-state index is 0.137. The van der Waals surface area contributed by atoms with Crippen molar-refractivity contribution in [1.82, 2.24) is 0 Å². The van der Waals surface area contributed by atoms with Gasteiger partial charge in [-0.1, -0.05) is 17.7 Å². The van der Waals surface area contributed by atoms with Gasteiger partial charge in [-0.3, -0.25) is 9.59 Å². The second kappa shape index (κ2) is 11.4. The molecule has 0 aliphatic heterocycles. The molecule has 218 valence electrons. The second-order valence-electron chi connectivity index (χ2n) is 10.0. The van der Waals surface area contributed by atoms with E-state index in [1.54, 1.807) is 24.3 Å². The number of carboxylic acids is 1. The quantitative estimate of drug-likeness (QED) is 0.103. The molecule has 2 atom stereocenters. The van der Waals surface area contributed by atoms with E-state index >= 15 is 0 Å². The Kier molecular flexibility index (Phi) is 9.01. The molecule has 1 aromatic rings. The zero-order valence-corrected chi connectivity index (χ0v) is 20.6. The van der Waals surface area contributed by atoms with Crippen LogP contribution in [-0.2, 0) is 22.4 Å². The number of hydrogen-bond donors (Lipinski definition) is 1. The third kappa shape index (κ3) is 6.71. The molecular weight excluding hydrogens is 547 g/mol. The second-order valence-corrected chi connectivity index (χ2v) is 10.0. The Morgan fingerprint density at radius 1 is 0.872 bits per heavy atom. The van der Waals surface area contributed by atoms with E-state index in [0.29, 0.717) is 37.9 Å². The Morgan fingerprint density at radius 2 is 1.54 bits per heavy atom. The van der Waals surface area contributed by atoms with Gasteiger partial charge >= 0.3 is 35.9 Å². The van der Waals surface area contributed by atoms with Crippen LogP contribution in [0.3, 0.4) is 0 Å². The fraction of sp³-hybridized carbons (Fsp3) is 0.615. The Labute approximate surface area is 218 Å². The fourth-order valence-corrected chi connectivity index (χ4v) is 4.80. The summed E-state index contributed by atoms with van der Waals surface area (Å²) >= 11 is 0. The van der Waals surface area contributed by atoms with Crippen molar-refractivity contribution in [2.24, 2.45) is 11.8 Å². The number of carbonyl (C=O) groups is 2. The molecule has 0 bridgehead atoms. The summed E-state index contributed by atoms with van der Waals surface area (Å²) in [5, 5.41) is 9.18. The van der Waals surface area contributed by atoms with Crippen LogP contribution in [0.25, 0.3) is 0 Å². The maximum absolute atomic E-state index is 13.6. The summed E-state index contributed by atoms with van der Waals surface area (Å²) in [6.45, 7) is 0. The van der Waals surface area contributed by atoms with Gasteiger partial charge in [0.15, 0.2) is 0 Å². The van der Waals surface area contributed by atoms with Gasteiger partial charge in [-0.25, -0.2) is 0 Å². The van der Waals surface area contributed by atoms with Crippen molar-refractivity contribution < 1.29 is 58.9 Å². The summed E-state index contributed by atoms with van der Waals surface area (Å²) in [6, 6.07) is 5.03. The van der Waals surface area contributed by atoms with E-state index in [9.17, 15) is 54.2 Å². The van der Waals surface area contributed by atoms with Crippen molar-refractivity contribution in [3.63, 3.8) is 0 Å². The first kappa shape index (κ1) is 30.8. The number of alkyl halides is 9. The number of hydrogen-bond acceptors (Lipinski definition) is 3. The largest absolute Gasteiger partial charge is 0.481 e. The predicted molar refractivity (Wildman–Crippen MR) is 120 cm³/mol. The predicted octanol–water partition coefficient (Wildman–Crippen LogP) is 7.54. The molecular formula is C26H27F9O4. The highest BCUT2D eigenvalue weighted by molar-refractivity contribution is 5.76. The lowest BCUT2D eigenvalue weighted by Crippen LogP contribution is -2.60. The van der Waals surface area contributed by atoms with Crippen molar-refractivity contribution in [3.05, 3.63) is 41.0 Å². The van der Waals surface area contributed by atoms with E-state index in [1.165, 1.54) is 0 Å². The number of carbonyl (C=O) groups excluding carboxylic acids is 1. The molecule has 2 aliphatic carbocycles. The van der Waals surface area contributed by atoms with Gasteiger partial charge in [0.2, 0.25) is 0 Å². The third-order valence-electron chi connectivity index (χ3n) is 7.26. The van der Waals surface area contributed by atoms with Crippen LogP contribution < -0.4 is 4.74 Å². The molecule has 0 saturated heterocycles. The summed E-state index contributed by atoms with van der Waals surface area (Å²) in [4.78, 5) is 23.8. The lowest BCUT2D eigenvalue weighted by Gasteiger charge is -2.33. The number of aliphatic carboxylic acids is 1. The molecule has 0 saturated carbocycles. The van der Waals surface area contributed by atoms with Gasteiger partial charge in [0, 0.05) is 6.42 Å². The van der Waals surface area contributed by atoms with E-state index in [4.69, 9.17) is 4.74 Å². The van der Waals surface area contributed by atoms with Gasteiger partial charge in [0.1, 0.15) is 5.75 Å². The number of ether oxygens (including phenoxy) is 1.